The Morgan fingerprint density at radius 2 is 2.00 bits per heavy atom. The fourth-order valence-corrected chi connectivity index (χ4v) is 2.46. The van der Waals surface area contributed by atoms with Crippen molar-refractivity contribution in [1.82, 2.24) is 9.88 Å². The van der Waals surface area contributed by atoms with Gasteiger partial charge in [0, 0.05) is 18.3 Å². The maximum atomic E-state index is 9.33. The molecule has 4 nitrogen and oxygen atoms in total. The molecule has 1 unspecified atom stereocenters. The van der Waals surface area contributed by atoms with Gasteiger partial charge >= 0.3 is 0 Å². The quantitative estimate of drug-likeness (QED) is 0.866. The van der Waals surface area contributed by atoms with Crippen LogP contribution in [0.4, 0.5) is 5.82 Å². The standard InChI is InChI=1S/C16H26N4/c1-11(2)7-14(10-20(5)6)19-16-15(9-17)12(3)8-13(4)18-16/h8,11,14H,7,10H2,1-6H3,(H,18,19). The zero-order chi connectivity index (χ0) is 15.3. The van der Waals surface area contributed by atoms with Gasteiger partial charge in [-0.05, 0) is 51.9 Å². The number of anilines is 1. The summed E-state index contributed by atoms with van der Waals surface area (Å²) in [6.45, 7) is 9.27. The highest BCUT2D eigenvalue weighted by molar-refractivity contribution is 5.56. The van der Waals surface area contributed by atoms with Gasteiger partial charge in [-0.25, -0.2) is 4.98 Å². The van der Waals surface area contributed by atoms with Crippen molar-refractivity contribution >= 4 is 5.82 Å². The molecular weight excluding hydrogens is 248 g/mol. The van der Waals surface area contributed by atoms with Crippen LogP contribution < -0.4 is 5.32 Å². The number of aryl methyl sites for hydroxylation is 2. The minimum Gasteiger partial charge on any atom is -0.365 e. The second kappa shape index (κ2) is 7.25. The molecule has 110 valence electrons. The number of nitrogens with one attached hydrogen (secondary N) is 1. The summed E-state index contributed by atoms with van der Waals surface area (Å²) in [5.74, 6) is 1.32. The van der Waals surface area contributed by atoms with Gasteiger partial charge in [-0.3, -0.25) is 0 Å². The SMILES string of the molecule is Cc1cc(C)c(C#N)c(NC(CC(C)C)CN(C)C)n1. The monoisotopic (exact) mass is 274 g/mol. The first-order chi connectivity index (χ1) is 9.33. The van der Waals surface area contributed by atoms with E-state index in [0.29, 0.717) is 17.5 Å². The number of pyridine rings is 1. The molecule has 0 spiro atoms. The molecule has 1 N–H and O–H groups in total. The molecule has 20 heavy (non-hydrogen) atoms. The Hall–Kier alpha value is -1.60. The van der Waals surface area contributed by atoms with E-state index in [9.17, 15) is 5.26 Å². The summed E-state index contributed by atoms with van der Waals surface area (Å²) in [6, 6.07) is 4.51. The van der Waals surface area contributed by atoms with E-state index in [1.807, 2.05) is 19.9 Å². The van der Waals surface area contributed by atoms with E-state index >= 15 is 0 Å². The van der Waals surface area contributed by atoms with E-state index in [-0.39, 0.29) is 0 Å². The summed E-state index contributed by atoms with van der Waals surface area (Å²) >= 11 is 0. The first-order valence-corrected chi connectivity index (χ1v) is 7.13. The van der Waals surface area contributed by atoms with Crippen molar-refractivity contribution in [2.24, 2.45) is 5.92 Å². The van der Waals surface area contributed by atoms with Crippen LogP contribution in [0.15, 0.2) is 6.07 Å². The molecular formula is C16H26N4. The van der Waals surface area contributed by atoms with E-state index in [0.717, 1.165) is 30.0 Å². The molecule has 0 radical (unpaired) electrons. The Bertz CT molecular complexity index is 476. The Kier molecular flexibility index (Phi) is 5.97. The van der Waals surface area contributed by atoms with Crippen molar-refractivity contribution in [3.63, 3.8) is 0 Å². The van der Waals surface area contributed by atoms with Crippen LogP contribution in [0.3, 0.4) is 0 Å². The molecule has 1 aromatic rings. The second-order valence-electron chi connectivity index (χ2n) is 6.15. The number of hydrogen-bond donors (Lipinski definition) is 1. The fourth-order valence-electron chi connectivity index (χ4n) is 2.46. The van der Waals surface area contributed by atoms with Gasteiger partial charge in [0.05, 0.1) is 5.56 Å². The molecule has 4 heteroatoms. The minimum absolute atomic E-state index is 0.297. The summed E-state index contributed by atoms with van der Waals surface area (Å²) in [5, 5.41) is 12.8. The smallest absolute Gasteiger partial charge is 0.144 e. The molecule has 1 heterocycles. The average Bonchev–Trinajstić information content (AvgIpc) is 2.26. The van der Waals surface area contributed by atoms with Gasteiger partial charge in [0.1, 0.15) is 11.9 Å². The fraction of sp³-hybridized carbons (Fsp3) is 0.625. The third kappa shape index (κ3) is 4.82. The number of nitrogens with zero attached hydrogens (tertiary/aromatic N) is 3. The molecule has 0 aliphatic heterocycles. The second-order valence-corrected chi connectivity index (χ2v) is 6.15. The highest BCUT2D eigenvalue weighted by Gasteiger charge is 2.16. The lowest BCUT2D eigenvalue weighted by atomic mass is 10.0. The Labute approximate surface area is 122 Å². The van der Waals surface area contributed by atoms with Gasteiger partial charge in [-0.2, -0.15) is 5.26 Å². The van der Waals surface area contributed by atoms with Gasteiger partial charge in [0.2, 0.25) is 0 Å². The lowest BCUT2D eigenvalue weighted by molar-refractivity contribution is 0.356. The molecule has 0 bridgehead atoms. The van der Waals surface area contributed by atoms with Gasteiger partial charge in [-0.15, -0.1) is 0 Å². The van der Waals surface area contributed by atoms with Crippen molar-refractivity contribution in [2.45, 2.75) is 40.2 Å². The van der Waals surface area contributed by atoms with E-state index < -0.39 is 0 Å². The Balaban J connectivity index is 3.01. The number of rotatable bonds is 6. The first-order valence-electron chi connectivity index (χ1n) is 7.13. The summed E-state index contributed by atoms with van der Waals surface area (Å²) in [4.78, 5) is 6.67. The summed E-state index contributed by atoms with van der Waals surface area (Å²) < 4.78 is 0. The van der Waals surface area contributed by atoms with Gasteiger partial charge < -0.3 is 10.2 Å². The van der Waals surface area contributed by atoms with Crippen LogP contribution in [-0.2, 0) is 0 Å². The van der Waals surface area contributed by atoms with Gasteiger partial charge in [-0.1, -0.05) is 13.8 Å². The summed E-state index contributed by atoms with van der Waals surface area (Å²) in [6.07, 6.45) is 1.05. The van der Waals surface area contributed by atoms with Crippen molar-refractivity contribution in [3.05, 3.63) is 22.9 Å². The van der Waals surface area contributed by atoms with Crippen LogP contribution in [0.5, 0.6) is 0 Å². The number of nitriles is 1. The largest absolute Gasteiger partial charge is 0.365 e. The number of aromatic nitrogens is 1. The third-order valence-corrected chi connectivity index (χ3v) is 3.14. The van der Waals surface area contributed by atoms with Gasteiger partial charge in [0.25, 0.3) is 0 Å². The molecule has 0 fully saturated rings. The molecule has 1 aromatic heterocycles. The predicted octanol–water partition coefficient (Wildman–Crippen LogP) is 2.96. The molecule has 0 amide bonds. The van der Waals surface area contributed by atoms with Crippen LogP contribution in [0.25, 0.3) is 0 Å². The van der Waals surface area contributed by atoms with Crippen molar-refractivity contribution in [1.29, 1.82) is 5.26 Å². The van der Waals surface area contributed by atoms with E-state index in [4.69, 9.17) is 0 Å². The van der Waals surface area contributed by atoms with E-state index in [1.165, 1.54) is 0 Å². The third-order valence-electron chi connectivity index (χ3n) is 3.14. The number of likely N-dealkylation sites (N-methyl/N-ethyl adjacent to an activating group) is 1. The molecule has 0 aromatic carbocycles. The zero-order valence-corrected chi connectivity index (χ0v) is 13.5. The molecule has 0 saturated heterocycles. The maximum Gasteiger partial charge on any atom is 0.144 e. The predicted molar refractivity (Wildman–Crippen MR) is 83.8 cm³/mol. The van der Waals surface area contributed by atoms with Crippen LogP contribution in [-0.4, -0.2) is 36.6 Å². The van der Waals surface area contributed by atoms with Crippen LogP contribution in [0.2, 0.25) is 0 Å². The average molecular weight is 274 g/mol. The topological polar surface area (TPSA) is 52.0 Å². The van der Waals surface area contributed by atoms with Crippen molar-refractivity contribution in [2.75, 3.05) is 26.0 Å². The van der Waals surface area contributed by atoms with Crippen LogP contribution in [0.1, 0.15) is 37.1 Å². The Morgan fingerprint density at radius 1 is 1.35 bits per heavy atom. The lowest BCUT2D eigenvalue weighted by Crippen LogP contribution is -2.34. The zero-order valence-electron chi connectivity index (χ0n) is 13.5. The van der Waals surface area contributed by atoms with Crippen LogP contribution in [0, 0.1) is 31.1 Å². The normalized spacial score (nSPS) is 12.6. The van der Waals surface area contributed by atoms with Crippen LogP contribution >= 0.6 is 0 Å². The summed E-state index contributed by atoms with van der Waals surface area (Å²) in [7, 11) is 4.13. The van der Waals surface area contributed by atoms with E-state index in [1.54, 1.807) is 0 Å². The first kappa shape index (κ1) is 16.5. The van der Waals surface area contributed by atoms with E-state index in [2.05, 4.69) is 49.2 Å². The molecule has 0 saturated carbocycles. The van der Waals surface area contributed by atoms with Gasteiger partial charge in [0.15, 0.2) is 0 Å². The summed E-state index contributed by atoms with van der Waals surface area (Å²) in [5.41, 5.74) is 2.58. The highest BCUT2D eigenvalue weighted by Crippen LogP contribution is 2.20. The molecule has 1 rings (SSSR count). The maximum absolute atomic E-state index is 9.33. The molecule has 0 aliphatic carbocycles. The molecule has 0 aliphatic rings. The minimum atomic E-state index is 0.297. The lowest BCUT2D eigenvalue weighted by Gasteiger charge is -2.25. The van der Waals surface area contributed by atoms with Crippen molar-refractivity contribution in [3.8, 4) is 6.07 Å². The number of hydrogen-bond acceptors (Lipinski definition) is 4. The molecule has 1 atom stereocenters. The van der Waals surface area contributed by atoms with Crippen molar-refractivity contribution < 1.29 is 0 Å². The Morgan fingerprint density at radius 3 is 2.50 bits per heavy atom. The highest BCUT2D eigenvalue weighted by atomic mass is 15.1.